The zero-order valence-electron chi connectivity index (χ0n) is 50.8. The molecule has 4 fully saturated rings. The van der Waals surface area contributed by atoms with E-state index < -0.39 is 14.8 Å². The van der Waals surface area contributed by atoms with Crippen molar-refractivity contribution in [2.24, 2.45) is 46.3 Å². The van der Waals surface area contributed by atoms with Crippen LogP contribution in [0.2, 0.25) is 0 Å². The average molecular weight is 1230 g/mol. The molecular weight excluding hydrogens is 1130 g/mol. The molecule has 0 heterocycles. The van der Waals surface area contributed by atoms with Crippen LogP contribution in [0.5, 0.6) is 0 Å². The topological polar surface area (TPSA) is 228 Å². The summed E-state index contributed by atoms with van der Waals surface area (Å²) in [5, 5.41) is 56.9. The Balaban J connectivity index is 0.999. The van der Waals surface area contributed by atoms with Crippen LogP contribution in [0.3, 0.4) is 0 Å². The van der Waals surface area contributed by atoms with Gasteiger partial charge in [-0.25, -0.2) is 0 Å². The molecule has 7 rings (SSSR count). The fourth-order valence-electron chi connectivity index (χ4n) is 15.6. The molecule has 0 amide bonds. The molecule has 4 saturated carbocycles. The molecule has 0 aromatic heterocycles. The zero-order chi connectivity index (χ0) is 60.9. The second-order valence-electron chi connectivity index (χ2n) is 25.6. The molecule has 4 aliphatic rings. The highest BCUT2D eigenvalue weighted by atomic mass is 32.1. The predicted octanol–water partition coefficient (Wildman–Crippen LogP) is 16.7. The summed E-state index contributed by atoms with van der Waals surface area (Å²) in [5.74, 6) is 1.18. The fraction of sp³-hybridized carbons (Fsp3) is 0.662. The van der Waals surface area contributed by atoms with Gasteiger partial charge in [-0.1, -0.05) is 137 Å². The lowest BCUT2D eigenvalue weighted by Gasteiger charge is -2.65. The molecule has 3 aromatic rings. The Kier molecular flexibility index (Phi) is 25.9. The molecular formula is C65H95N9O8S3. The number of ether oxygens (including phenoxy) is 1. The Labute approximate surface area is 520 Å². The van der Waals surface area contributed by atoms with Gasteiger partial charge in [0.1, 0.15) is 0 Å². The van der Waals surface area contributed by atoms with Crippen molar-refractivity contribution in [3.05, 3.63) is 103 Å². The summed E-state index contributed by atoms with van der Waals surface area (Å²) >= 11 is 18.1. The van der Waals surface area contributed by atoms with Gasteiger partial charge in [0.25, 0.3) is 17.1 Å². The number of carbonyl (C=O) groups excluding carboxylic acids is 1. The van der Waals surface area contributed by atoms with Gasteiger partial charge in [0.15, 0.2) is 15.3 Å². The number of hydrogen-bond donors (Lipinski definition) is 6. The number of esters is 1. The van der Waals surface area contributed by atoms with E-state index in [1.165, 1.54) is 139 Å². The molecule has 4 aliphatic carbocycles. The van der Waals surface area contributed by atoms with Crippen LogP contribution in [0, 0.1) is 76.7 Å². The number of unbranched alkanes of at least 4 members (excludes halogenated alkanes) is 17. The maximum Gasteiger partial charge on any atom is 0.305 e. The van der Waals surface area contributed by atoms with Crippen LogP contribution in [0.1, 0.15) is 201 Å². The number of nitro benzene ring substituents is 3. The van der Waals surface area contributed by atoms with Gasteiger partial charge in [0.2, 0.25) is 0 Å². The van der Waals surface area contributed by atoms with Gasteiger partial charge in [-0.3, -0.25) is 35.1 Å². The molecule has 0 spiro atoms. The van der Waals surface area contributed by atoms with E-state index in [-0.39, 0.29) is 87.5 Å². The first-order chi connectivity index (χ1) is 40.9. The van der Waals surface area contributed by atoms with Gasteiger partial charge in [0.05, 0.1) is 21.4 Å². The summed E-state index contributed by atoms with van der Waals surface area (Å²) in [7, 11) is 0. The van der Waals surface area contributed by atoms with Crippen molar-refractivity contribution in [2.45, 2.75) is 219 Å². The van der Waals surface area contributed by atoms with Crippen molar-refractivity contribution in [1.82, 2.24) is 16.0 Å². The fourth-order valence-corrected chi connectivity index (χ4v) is 16.4. The van der Waals surface area contributed by atoms with Gasteiger partial charge in [0, 0.05) is 78.0 Å². The normalized spacial score (nSPS) is 25.2. The van der Waals surface area contributed by atoms with Gasteiger partial charge >= 0.3 is 5.97 Å². The molecule has 0 radical (unpaired) electrons. The smallest absolute Gasteiger partial charge is 0.305 e. The van der Waals surface area contributed by atoms with E-state index >= 15 is 0 Å². The van der Waals surface area contributed by atoms with Crippen LogP contribution in [0.25, 0.3) is 0 Å². The number of nitrogens with zero attached hydrogens (tertiary/aromatic N) is 3. The van der Waals surface area contributed by atoms with Crippen molar-refractivity contribution in [1.29, 1.82) is 0 Å². The lowest BCUT2D eigenvalue weighted by Crippen LogP contribution is -2.68. The third-order valence-electron chi connectivity index (χ3n) is 20.2. The number of non-ortho nitro benzene ring substituents is 3. The van der Waals surface area contributed by atoms with Gasteiger partial charge < -0.3 is 36.6 Å². The predicted molar refractivity (Wildman–Crippen MR) is 353 cm³/mol. The average Bonchev–Trinajstić information content (AvgIpc) is 1.74. The number of rotatable bonds is 32. The highest BCUT2D eigenvalue weighted by Gasteiger charge is 2.66. The van der Waals surface area contributed by atoms with E-state index in [0.717, 1.165) is 57.8 Å². The third-order valence-corrected chi connectivity index (χ3v) is 20.8. The molecule has 85 heavy (non-hydrogen) atoms. The number of benzene rings is 3. The molecule has 0 aliphatic heterocycles. The lowest BCUT2D eigenvalue weighted by molar-refractivity contribution is -0.385. The highest BCUT2D eigenvalue weighted by molar-refractivity contribution is 7.80. The SMILES string of the molecule is CCCCCCCCCCCCCCCCCCCCOC(=O)CC[C@@H](C)[C@H]1CC[C@H]2[C@@H]3[C@H](NC(=S)Nc4ccc([N+](=O)[O-])cc4)C[C@@H]4C[C@H](NC(=S)Nc5ccc([N+](=O)[O-])cc5)CC[C@]4(C)[C@H]3C[C@H](NC(=S)Nc3ccc([N+](=O)[O-])cc3)[C@]12C. The van der Waals surface area contributed by atoms with Crippen molar-refractivity contribution in [3.8, 4) is 0 Å². The number of hydrogen-bond acceptors (Lipinski definition) is 11. The summed E-state index contributed by atoms with van der Waals surface area (Å²) in [5.41, 5.74) is 1.56. The summed E-state index contributed by atoms with van der Waals surface area (Å²) in [6.07, 6.45) is 30.9. The minimum atomic E-state index is -0.428. The zero-order valence-corrected chi connectivity index (χ0v) is 53.2. The van der Waals surface area contributed by atoms with E-state index in [2.05, 4.69) is 59.6 Å². The molecule has 6 N–H and O–H groups in total. The summed E-state index contributed by atoms with van der Waals surface area (Å²) in [6, 6.07) is 18.7. The van der Waals surface area contributed by atoms with Gasteiger partial charge in [-0.05, 0) is 177 Å². The molecule has 11 atom stereocenters. The minimum absolute atomic E-state index is 0.000818. The van der Waals surface area contributed by atoms with E-state index in [4.69, 9.17) is 41.4 Å². The van der Waals surface area contributed by atoms with Crippen LogP contribution >= 0.6 is 36.7 Å². The molecule has 17 nitrogen and oxygen atoms in total. The minimum Gasteiger partial charge on any atom is -0.466 e. The first-order valence-electron chi connectivity index (χ1n) is 32.0. The Morgan fingerprint density at radius 1 is 0.576 bits per heavy atom. The Morgan fingerprint density at radius 3 is 1.47 bits per heavy atom. The Bertz CT molecular complexity index is 2690. The second-order valence-corrected chi connectivity index (χ2v) is 26.8. The standard InChI is InChI=1S/C65H95N9O8S3/c1-5-6-7-8-9-10-11-12-13-14-15-16-17-18-19-20-21-22-41-82-59(75)38-23-45(2)54-36-37-55-60-56(44-58(65(54,55)4)71-63(85)68-49-28-34-53(35-29-49)74(80)81)64(3)40-39-50(69-61(83)66-47-24-30-51(31-25-47)72(76)77)42-46(64)43-57(60)70-62(84)67-48-26-32-52(33-27-48)73(78)79/h24-35,45-46,50,54-58,60H,5-23,36-44H2,1-4H3,(H2,66,69,83)(H2,67,70,84)(H2,68,71,85)/t45-,46+,50-,54-,55+,56+,57-,58+,60+,64+,65-/m1/s1. The molecule has 3 aromatic carbocycles. The number of fused-ring (bicyclic) bond motifs is 5. The summed E-state index contributed by atoms with van der Waals surface area (Å²) in [4.78, 5) is 46.5. The number of thiocarbonyl (C=S) groups is 3. The van der Waals surface area contributed by atoms with Crippen molar-refractivity contribution in [2.75, 3.05) is 22.6 Å². The Hall–Kier alpha value is -5.60. The number of carbonyl (C=O) groups is 1. The van der Waals surface area contributed by atoms with Crippen LogP contribution < -0.4 is 31.9 Å². The van der Waals surface area contributed by atoms with Crippen LogP contribution in [0.4, 0.5) is 34.1 Å². The number of nitrogens with one attached hydrogen (secondary N) is 6. The Morgan fingerprint density at radius 2 is 1.01 bits per heavy atom. The monoisotopic (exact) mass is 1230 g/mol. The van der Waals surface area contributed by atoms with Crippen LogP contribution in [-0.2, 0) is 9.53 Å². The first-order valence-corrected chi connectivity index (χ1v) is 33.2. The molecule has 466 valence electrons. The summed E-state index contributed by atoms with van der Waals surface area (Å²) < 4.78 is 5.87. The van der Waals surface area contributed by atoms with E-state index in [1.54, 1.807) is 36.4 Å². The molecule has 0 unspecified atom stereocenters. The number of anilines is 3. The van der Waals surface area contributed by atoms with Crippen LogP contribution in [0.15, 0.2) is 72.8 Å². The van der Waals surface area contributed by atoms with Gasteiger partial charge in [-0.2, -0.15) is 0 Å². The van der Waals surface area contributed by atoms with E-state index in [9.17, 15) is 35.1 Å². The largest absolute Gasteiger partial charge is 0.466 e. The summed E-state index contributed by atoms with van der Waals surface area (Å²) in [6.45, 7) is 9.94. The van der Waals surface area contributed by atoms with Crippen LogP contribution in [-0.4, -0.2) is 60.8 Å². The van der Waals surface area contributed by atoms with Crippen molar-refractivity contribution in [3.63, 3.8) is 0 Å². The highest BCUT2D eigenvalue weighted by Crippen LogP contribution is 2.68. The third kappa shape index (κ3) is 18.9. The maximum atomic E-state index is 13.4. The number of nitro groups is 3. The van der Waals surface area contributed by atoms with Crippen molar-refractivity contribution < 1.29 is 24.3 Å². The maximum absolute atomic E-state index is 13.4. The first kappa shape index (κ1) is 66.9. The van der Waals surface area contributed by atoms with E-state index in [0.29, 0.717) is 51.8 Å². The molecule has 20 heteroatoms. The lowest BCUT2D eigenvalue weighted by atomic mass is 9.42. The molecule has 0 saturated heterocycles. The second kappa shape index (κ2) is 32.9. The molecule has 0 bridgehead atoms. The van der Waals surface area contributed by atoms with Gasteiger partial charge in [-0.15, -0.1) is 0 Å². The van der Waals surface area contributed by atoms with E-state index in [1.807, 2.05) is 0 Å². The van der Waals surface area contributed by atoms with Crippen molar-refractivity contribution >= 4 is 92.1 Å². The quantitative estimate of drug-likeness (QED) is 0.0112.